The second-order valence-electron chi connectivity index (χ2n) is 3.67. The van der Waals surface area contributed by atoms with Crippen molar-refractivity contribution in [3.8, 4) is 0 Å². The Kier molecular flexibility index (Phi) is 4.18. The van der Waals surface area contributed by atoms with Gasteiger partial charge < -0.3 is 0 Å². The first-order chi connectivity index (χ1) is 6.43. The molecule has 14 heavy (non-hydrogen) atoms. The molecule has 1 aliphatic carbocycles. The zero-order valence-electron chi connectivity index (χ0n) is 8.19. The molecule has 1 saturated carbocycles. The zero-order chi connectivity index (χ0) is 10.8. The van der Waals surface area contributed by atoms with Crippen LogP contribution in [0.1, 0.15) is 39.0 Å². The molecule has 0 aromatic carbocycles. The Morgan fingerprint density at radius 1 is 1.36 bits per heavy atom. The lowest BCUT2D eigenvalue weighted by Gasteiger charge is -2.32. The average Bonchev–Trinajstić information content (AvgIpc) is 2.02. The van der Waals surface area contributed by atoms with Gasteiger partial charge in [-0.3, -0.25) is 4.55 Å². The highest BCUT2D eigenvalue weighted by atomic mass is 35.5. The molecule has 0 heterocycles. The maximum absolute atomic E-state index is 11.1. The summed E-state index contributed by atoms with van der Waals surface area (Å²) in [5.74, 6) is 0. The van der Waals surface area contributed by atoms with E-state index in [4.69, 9.17) is 16.2 Å². The summed E-state index contributed by atoms with van der Waals surface area (Å²) in [7, 11) is -4.16. The SMILES string of the molecule is CC(Cl)N(C1CCCCC1)S(=O)(=O)O. The van der Waals surface area contributed by atoms with Crippen LogP contribution in [-0.2, 0) is 10.3 Å². The Balaban J connectivity index is 2.76. The van der Waals surface area contributed by atoms with E-state index in [1.54, 1.807) is 6.92 Å². The third-order valence-corrected chi connectivity index (χ3v) is 4.02. The molecular formula is C8H16ClNO3S. The van der Waals surface area contributed by atoms with E-state index < -0.39 is 15.8 Å². The molecule has 6 heteroatoms. The van der Waals surface area contributed by atoms with Crippen LogP contribution in [0.25, 0.3) is 0 Å². The van der Waals surface area contributed by atoms with Crippen LogP contribution in [0.5, 0.6) is 0 Å². The standard InChI is InChI=1S/C8H16ClNO3S/c1-7(9)10(14(11,12)13)8-5-3-2-4-6-8/h7-8H,2-6H2,1H3,(H,11,12,13). The highest BCUT2D eigenvalue weighted by molar-refractivity contribution is 7.83. The van der Waals surface area contributed by atoms with Gasteiger partial charge in [-0.1, -0.05) is 19.3 Å². The molecule has 0 saturated heterocycles. The summed E-state index contributed by atoms with van der Waals surface area (Å²) in [5, 5.41) is 0. The summed E-state index contributed by atoms with van der Waals surface area (Å²) >= 11 is 5.75. The van der Waals surface area contributed by atoms with E-state index in [-0.39, 0.29) is 6.04 Å². The molecule has 1 fully saturated rings. The molecule has 0 aromatic rings. The summed E-state index contributed by atoms with van der Waals surface area (Å²) < 4.78 is 32.2. The topological polar surface area (TPSA) is 57.6 Å². The molecule has 1 unspecified atom stereocenters. The van der Waals surface area contributed by atoms with Crippen molar-refractivity contribution in [2.24, 2.45) is 0 Å². The lowest BCUT2D eigenvalue weighted by atomic mass is 9.95. The molecule has 0 radical (unpaired) electrons. The van der Waals surface area contributed by atoms with Crippen molar-refractivity contribution in [3.63, 3.8) is 0 Å². The molecule has 0 aliphatic heterocycles. The monoisotopic (exact) mass is 241 g/mol. The first kappa shape index (κ1) is 12.2. The van der Waals surface area contributed by atoms with Gasteiger partial charge in [0.05, 0.1) is 5.50 Å². The zero-order valence-corrected chi connectivity index (χ0v) is 9.76. The molecule has 0 bridgehead atoms. The van der Waals surface area contributed by atoms with Gasteiger partial charge in [-0.25, -0.2) is 0 Å². The smallest absolute Gasteiger partial charge is 0.273 e. The molecule has 0 amide bonds. The predicted molar refractivity (Wildman–Crippen MR) is 55.6 cm³/mol. The van der Waals surface area contributed by atoms with Crippen molar-refractivity contribution >= 4 is 21.9 Å². The summed E-state index contributed by atoms with van der Waals surface area (Å²) in [6, 6.07) is -0.133. The van der Waals surface area contributed by atoms with E-state index in [1.807, 2.05) is 0 Å². The van der Waals surface area contributed by atoms with Crippen LogP contribution in [0.15, 0.2) is 0 Å². The van der Waals surface area contributed by atoms with Crippen LogP contribution in [0.4, 0.5) is 0 Å². The third-order valence-electron chi connectivity index (χ3n) is 2.55. The fourth-order valence-electron chi connectivity index (χ4n) is 2.00. The lowest BCUT2D eigenvalue weighted by Crippen LogP contribution is -2.44. The predicted octanol–water partition coefficient (Wildman–Crippen LogP) is 2.01. The van der Waals surface area contributed by atoms with Gasteiger partial charge in [0.15, 0.2) is 0 Å². The summed E-state index contributed by atoms with van der Waals surface area (Å²) in [6.45, 7) is 1.56. The summed E-state index contributed by atoms with van der Waals surface area (Å²) in [5.41, 5.74) is -0.687. The van der Waals surface area contributed by atoms with Crippen LogP contribution in [0.3, 0.4) is 0 Å². The molecule has 1 aliphatic rings. The molecule has 0 aromatic heterocycles. The Hall–Kier alpha value is 0.160. The number of nitrogens with zero attached hydrogens (tertiary/aromatic N) is 1. The van der Waals surface area contributed by atoms with Crippen molar-refractivity contribution in [2.45, 2.75) is 50.6 Å². The second-order valence-corrected chi connectivity index (χ2v) is 5.62. The molecule has 0 spiro atoms. The van der Waals surface area contributed by atoms with Gasteiger partial charge >= 0.3 is 10.3 Å². The normalized spacial score (nSPS) is 22.6. The molecule has 4 nitrogen and oxygen atoms in total. The van der Waals surface area contributed by atoms with Crippen molar-refractivity contribution < 1.29 is 13.0 Å². The van der Waals surface area contributed by atoms with E-state index in [0.717, 1.165) is 36.4 Å². The first-order valence-electron chi connectivity index (χ1n) is 4.83. The Morgan fingerprint density at radius 2 is 1.86 bits per heavy atom. The van der Waals surface area contributed by atoms with Crippen molar-refractivity contribution in [2.75, 3.05) is 0 Å². The maximum atomic E-state index is 11.1. The van der Waals surface area contributed by atoms with Gasteiger partial charge in [-0.2, -0.15) is 12.7 Å². The van der Waals surface area contributed by atoms with Crippen molar-refractivity contribution in [3.05, 3.63) is 0 Å². The highest BCUT2D eigenvalue weighted by Gasteiger charge is 2.32. The van der Waals surface area contributed by atoms with E-state index in [9.17, 15) is 8.42 Å². The van der Waals surface area contributed by atoms with Gasteiger partial charge in [0, 0.05) is 6.04 Å². The largest absolute Gasteiger partial charge is 0.337 e. The van der Waals surface area contributed by atoms with Crippen LogP contribution in [0, 0.1) is 0 Å². The van der Waals surface area contributed by atoms with Gasteiger partial charge in [0.2, 0.25) is 0 Å². The van der Waals surface area contributed by atoms with E-state index >= 15 is 0 Å². The third kappa shape index (κ3) is 3.08. The minimum Gasteiger partial charge on any atom is -0.273 e. The lowest BCUT2D eigenvalue weighted by molar-refractivity contribution is 0.226. The van der Waals surface area contributed by atoms with Crippen LogP contribution in [0.2, 0.25) is 0 Å². The highest BCUT2D eigenvalue weighted by Crippen LogP contribution is 2.26. The number of alkyl halides is 1. The fourth-order valence-corrected chi connectivity index (χ4v) is 3.41. The van der Waals surface area contributed by atoms with E-state index in [2.05, 4.69) is 0 Å². The van der Waals surface area contributed by atoms with Gasteiger partial charge in [-0.05, 0) is 19.8 Å². The van der Waals surface area contributed by atoms with Crippen LogP contribution in [-0.4, -0.2) is 28.8 Å². The van der Waals surface area contributed by atoms with Gasteiger partial charge in [0.1, 0.15) is 0 Å². The molecule has 1 N–H and O–H groups in total. The number of halogens is 1. The van der Waals surface area contributed by atoms with Gasteiger partial charge in [-0.15, -0.1) is 11.6 Å². The van der Waals surface area contributed by atoms with Crippen molar-refractivity contribution in [1.82, 2.24) is 4.31 Å². The van der Waals surface area contributed by atoms with Gasteiger partial charge in [0.25, 0.3) is 0 Å². The van der Waals surface area contributed by atoms with Crippen LogP contribution >= 0.6 is 11.6 Å². The molecule has 84 valence electrons. The number of hydrogen-bond donors (Lipinski definition) is 1. The Bertz CT molecular complexity index is 272. The minimum absolute atomic E-state index is 0.133. The molecule has 1 atom stereocenters. The maximum Gasteiger partial charge on any atom is 0.337 e. The quantitative estimate of drug-likeness (QED) is 0.467. The Labute approximate surface area is 90.1 Å². The fraction of sp³-hybridized carbons (Fsp3) is 1.00. The van der Waals surface area contributed by atoms with Crippen LogP contribution < -0.4 is 0 Å². The van der Waals surface area contributed by atoms with E-state index in [1.165, 1.54) is 0 Å². The first-order valence-corrected chi connectivity index (χ1v) is 6.66. The van der Waals surface area contributed by atoms with Crippen molar-refractivity contribution in [1.29, 1.82) is 0 Å². The minimum atomic E-state index is -4.16. The average molecular weight is 242 g/mol. The second kappa shape index (κ2) is 4.79. The number of rotatable bonds is 3. The van der Waals surface area contributed by atoms with E-state index in [0.29, 0.717) is 0 Å². The Morgan fingerprint density at radius 3 is 2.21 bits per heavy atom. The summed E-state index contributed by atoms with van der Waals surface area (Å²) in [6.07, 6.45) is 4.71. The summed E-state index contributed by atoms with van der Waals surface area (Å²) in [4.78, 5) is 0. The molecular weight excluding hydrogens is 226 g/mol. The number of hydrogen-bond acceptors (Lipinski definition) is 2. The molecule has 1 rings (SSSR count).